The molecule has 18 heavy (non-hydrogen) atoms. The van der Waals surface area contributed by atoms with E-state index in [1.54, 1.807) is 6.07 Å². The molecule has 2 N–H and O–H groups in total. The highest BCUT2D eigenvalue weighted by molar-refractivity contribution is 6.30. The number of halogens is 2. The number of carboxylic acid groups (broad SMARTS) is 1. The van der Waals surface area contributed by atoms with Crippen molar-refractivity contribution in [1.82, 2.24) is 0 Å². The van der Waals surface area contributed by atoms with Crippen LogP contribution in [0.15, 0.2) is 24.3 Å². The Balaban J connectivity index is 2.14. The third kappa shape index (κ3) is 1.60. The van der Waals surface area contributed by atoms with Crippen LogP contribution in [0.5, 0.6) is 0 Å². The summed E-state index contributed by atoms with van der Waals surface area (Å²) in [7, 11) is 0. The molecule has 1 heterocycles. The maximum absolute atomic E-state index is 13.9. The van der Waals surface area contributed by atoms with Crippen molar-refractivity contribution >= 4 is 23.3 Å². The average Bonchev–Trinajstić information content (AvgIpc) is 2.76. The van der Waals surface area contributed by atoms with Gasteiger partial charge in [-0.05, 0) is 24.1 Å². The molecule has 0 unspecified atom stereocenters. The third-order valence-corrected chi connectivity index (χ3v) is 3.87. The number of anilines is 1. The Hall–Kier alpha value is -1.55. The van der Waals surface area contributed by atoms with Gasteiger partial charge in [0.25, 0.3) is 0 Å². The van der Waals surface area contributed by atoms with E-state index < -0.39 is 17.8 Å². The summed E-state index contributed by atoms with van der Waals surface area (Å²) in [4.78, 5) is 11.2. The standard InChI is InChI=1S/C13H11ClFNO2/c14-6-4-9-7-2-1-3-8(7)12(13(17)18)16-11(9)10(15)5-6/h1-2,4-5,7-8,12,16H,3H2,(H,17,18)/t7-,8+,12-/m0/s1. The topological polar surface area (TPSA) is 49.3 Å². The quantitative estimate of drug-likeness (QED) is 0.769. The number of aliphatic carboxylic acids is 1. The fraction of sp³-hybridized carbons (Fsp3) is 0.308. The van der Waals surface area contributed by atoms with Gasteiger partial charge < -0.3 is 10.4 Å². The lowest BCUT2D eigenvalue weighted by Crippen LogP contribution is -2.42. The summed E-state index contributed by atoms with van der Waals surface area (Å²) < 4.78 is 13.9. The molecular weight excluding hydrogens is 257 g/mol. The average molecular weight is 268 g/mol. The van der Waals surface area contributed by atoms with Gasteiger partial charge in [-0.1, -0.05) is 23.8 Å². The van der Waals surface area contributed by atoms with Gasteiger partial charge in [-0.25, -0.2) is 9.18 Å². The molecule has 3 rings (SSSR count). The fourth-order valence-electron chi connectivity index (χ4n) is 2.87. The Morgan fingerprint density at radius 1 is 1.50 bits per heavy atom. The zero-order valence-electron chi connectivity index (χ0n) is 9.36. The van der Waals surface area contributed by atoms with Crippen LogP contribution in [-0.4, -0.2) is 17.1 Å². The third-order valence-electron chi connectivity index (χ3n) is 3.65. The van der Waals surface area contributed by atoms with Crippen LogP contribution in [-0.2, 0) is 4.79 Å². The summed E-state index contributed by atoms with van der Waals surface area (Å²) in [6.45, 7) is 0. The molecular formula is C13H11ClFNO2. The van der Waals surface area contributed by atoms with E-state index in [1.807, 2.05) is 12.2 Å². The van der Waals surface area contributed by atoms with Crippen molar-refractivity contribution in [1.29, 1.82) is 0 Å². The van der Waals surface area contributed by atoms with E-state index in [9.17, 15) is 14.3 Å². The van der Waals surface area contributed by atoms with Gasteiger partial charge in [0.15, 0.2) is 0 Å². The normalized spacial score (nSPS) is 28.4. The summed E-state index contributed by atoms with van der Waals surface area (Å²) in [5.74, 6) is -1.60. The zero-order valence-corrected chi connectivity index (χ0v) is 10.1. The molecule has 0 spiro atoms. The molecule has 1 aliphatic heterocycles. The molecule has 94 valence electrons. The van der Waals surface area contributed by atoms with E-state index in [0.717, 1.165) is 5.56 Å². The molecule has 1 aromatic rings. The van der Waals surface area contributed by atoms with Crippen LogP contribution >= 0.6 is 11.6 Å². The monoisotopic (exact) mass is 267 g/mol. The first kappa shape index (κ1) is 11.5. The predicted octanol–water partition coefficient (Wildman–Crippen LogP) is 3.02. The highest BCUT2D eigenvalue weighted by Gasteiger charge is 2.41. The number of benzene rings is 1. The first-order chi connectivity index (χ1) is 8.58. The van der Waals surface area contributed by atoms with E-state index in [-0.39, 0.29) is 17.5 Å². The molecule has 0 amide bonds. The molecule has 3 atom stereocenters. The van der Waals surface area contributed by atoms with E-state index in [1.165, 1.54) is 6.07 Å². The van der Waals surface area contributed by atoms with Crippen molar-refractivity contribution in [3.63, 3.8) is 0 Å². The van der Waals surface area contributed by atoms with Crippen molar-refractivity contribution < 1.29 is 14.3 Å². The molecule has 0 aromatic heterocycles. The van der Waals surface area contributed by atoms with Gasteiger partial charge in [-0.15, -0.1) is 0 Å². The number of allylic oxidation sites excluding steroid dienone is 2. The lowest BCUT2D eigenvalue weighted by atomic mass is 9.79. The zero-order chi connectivity index (χ0) is 12.9. The Morgan fingerprint density at radius 2 is 2.28 bits per heavy atom. The minimum atomic E-state index is -0.950. The second-order valence-corrected chi connectivity index (χ2v) is 5.10. The van der Waals surface area contributed by atoms with Crippen molar-refractivity contribution in [2.24, 2.45) is 5.92 Å². The van der Waals surface area contributed by atoms with Crippen LogP contribution < -0.4 is 5.32 Å². The summed E-state index contributed by atoms with van der Waals surface area (Å²) in [5, 5.41) is 12.3. The van der Waals surface area contributed by atoms with Crippen molar-refractivity contribution in [2.75, 3.05) is 5.32 Å². The highest BCUT2D eigenvalue weighted by atomic mass is 35.5. The molecule has 1 aromatic carbocycles. The molecule has 2 aliphatic rings. The molecule has 0 saturated carbocycles. The van der Waals surface area contributed by atoms with Crippen molar-refractivity contribution in [3.05, 3.63) is 40.7 Å². The molecule has 5 heteroatoms. The molecule has 0 bridgehead atoms. The van der Waals surface area contributed by atoms with Crippen LogP contribution in [0.2, 0.25) is 5.02 Å². The van der Waals surface area contributed by atoms with Gasteiger partial charge in [-0.3, -0.25) is 0 Å². The number of hydrogen-bond donors (Lipinski definition) is 2. The van der Waals surface area contributed by atoms with Crippen LogP contribution in [0.3, 0.4) is 0 Å². The smallest absolute Gasteiger partial charge is 0.326 e. The SMILES string of the molecule is O=C(O)[C@H]1Nc2c(F)cc(Cl)cc2[C@H]2C=CC[C@@H]12. The Kier molecular flexibility index (Phi) is 2.55. The maximum atomic E-state index is 13.9. The van der Waals surface area contributed by atoms with E-state index >= 15 is 0 Å². The number of carbonyl (C=O) groups is 1. The minimum absolute atomic E-state index is 0.0736. The number of carboxylic acids is 1. The number of nitrogens with one attached hydrogen (secondary N) is 1. The Bertz CT molecular complexity index is 558. The first-order valence-electron chi connectivity index (χ1n) is 5.73. The van der Waals surface area contributed by atoms with E-state index in [2.05, 4.69) is 5.32 Å². The van der Waals surface area contributed by atoms with Gasteiger partial charge in [0, 0.05) is 16.9 Å². The second kappa shape index (κ2) is 3.99. The van der Waals surface area contributed by atoms with Gasteiger partial charge in [0.2, 0.25) is 0 Å². The van der Waals surface area contributed by atoms with Crippen LogP contribution in [0.4, 0.5) is 10.1 Å². The van der Waals surface area contributed by atoms with E-state index in [4.69, 9.17) is 11.6 Å². The predicted molar refractivity (Wildman–Crippen MR) is 66.4 cm³/mol. The minimum Gasteiger partial charge on any atom is -0.480 e. The molecule has 3 nitrogen and oxygen atoms in total. The summed E-state index contributed by atoms with van der Waals surface area (Å²) in [5.41, 5.74) is 1.01. The number of rotatable bonds is 1. The molecule has 0 saturated heterocycles. The second-order valence-electron chi connectivity index (χ2n) is 4.67. The number of hydrogen-bond acceptors (Lipinski definition) is 2. The first-order valence-corrected chi connectivity index (χ1v) is 6.10. The maximum Gasteiger partial charge on any atom is 0.326 e. The van der Waals surface area contributed by atoms with Crippen molar-refractivity contribution in [2.45, 2.75) is 18.4 Å². The highest BCUT2D eigenvalue weighted by Crippen LogP contribution is 2.46. The van der Waals surface area contributed by atoms with Gasteiger partial charge in [0.05, 0.1) is 5.69 Å². The number of fused-ring (bicyclic) bond motifs is 3. The lowest BCUT2D eigenvalue weighted by Gasteiger charge is -2.34. The molecule has 1 aliphatic carbocycles. The Morgan fingerprint density at radius 3 is 3.00 bits per heavy atom. The molecule has 0 radical (unpaired) electrons. The van der Waals surface area contributed by atoms with Crippen LogP contribution in [0.25, 0.3) is 0 Å². The summed E-state index contributed by atoms with van der Waals surface area (Å²) in [6, 6.07) is 2.15. The van der Waals surface area contributed by atoms with Crippen LogP contribution in [0.1, 0.15) is 17.9 Å². The van der Waals surface area contributed by atoms with Gasteiger partial charge >= 0.3 is 5.97 Å². The molecule has 0 fully saturated rings. The Labute approximate surface area is 108 Å². The lowest BCUT2D eigenvalue weighted by molar-refractivity contribution is -0.139. The van der Waals surface area contributed by atoms with E-state index in [0.29, 0.717) is 11.4 Å². The van der Waals surface area contributed by atoms with Crippen LogP contribution in [0, 0.1) is 11.7 Å². The summed E-state index contributed by atoms with van der Waals surface area (Å²) in [6.07, 6.45) is 4.57. The van der Waals surface area contributed by atoms with Crippen molar-refractivity contribution in [3.8, 4) is 0 Å². The van der Waals surface area contributed by atoms with Gasteiger partial charge in [0.1, 0.15) is 11.9 Å². The summed E-state index contributed by atoms with van der Waals surface area (Å²) >= 11 is 5.86. The largest absolute Gasteiger partial charge is 0.480 e. The fourth-order valence-corrected chi connectivity index (χ4v) is 3.08. The van der Waals surface area contributed by atoms with Gasteiger partial charge in [-0.2, -0.15) is 0 Å².